The third-order valence-electron chi connectivity index (χ3n) is 4.43. The molecule has 0 spiro atoms. The van der Waals surface area contributed by atoms with E-state index in [1.165, 1.54) is 6.33 Å². The summed E-state index contributed by atoms with van der Waals surface area (Å²) in [6.45, 7) is 0. The second kappa shape index (κ2) is 5.79. The molecule has 0 aromatic carbocycles. The minimum Gasteiger partial charge on any atom is -0.367 e. The van der Waals surface area contributed by atoms with Gasteiger partial charge >= 0.3 is 0 Å². The van der Waals surface area contributed by atoms with Crippen molar-refractivity contribution in [3.63, 3.8) is 0 Å². The normalized spacial score (nSPS) is 21.4. The maximum Gasteiger partial charge on any atom is 0.260 e. The van der Waals surface area contributed by atoms with Crippen molar-refractivity contribution in [1.29, 1.82) is 0 Å². The Morgan fingerprint density at radius 1 is 1.13 bits per heavy atom. The Bertz CT molecular complexity index is 850. The number of nitrogens with zero attached hydrogens (tertiary/aromatic N) is 4. The molecular weight excluding hydrogens is 294 g/mol. The average Bonchev–Trinajstić information content (AvgIpc) is 3.10. The molecular formula is C15H17N7O. The second-order valence-electron chi connectivity index (χ2n) is 5.88. The lowest BCUT2D eigenvalue weighted by atomic mass is 9.85. The number of rotatable bonds is 3. The SMILES string of the molecule is O=c1[nH]cnc2cc(NC3CCC(c4ncn[nH]4)CC3)ncc12. The summed E-state index contributed by atoms with van der Waals surface area (Å²) in [5.41, 5.74) is 0.489. The van der Waals surface area contributed by atoms with Crippen LogP contribution in [0.2, 0.25) is 0 Å². The molecule has 3 N–H and O–H groups in total. The number of hydrogen-bond acceptors (Lipinski definition) is 6. The van der Waals surface area contributed by atoms with Gasteiger partial charge in [-0.15, -0.1) is 0 Å². The Balaban J connectivity index is 1.44. The Morgan fingerprint density at radius 2 is 2.00 bits per heavy atom. The van der Waals surface area contributed by atoms with Gasteiger partial charge in [-0.1, -0.05) is 0 Å². The first-order chi connectivity index (χ1) is 11.3. The molecule has 0 unspecified atom stereocenters. The first kappa shape index (κ1) is 13.9. The van der Waals surface area contributed by atoms with E-state index >= 15 is 0 Å². The zero-order chi connectivity index (χ0) is 15.6. The molecule has 23 heavy (non-hydrogen) atoms. The van der Waals surface area contributed by atoms with Gasteiger partial charge in [0.25, 0.3) is 5.56 Å². The highest BCUT2D eigenvalue weighted by Gasteiger charge is 2.24. The Hall–Kier alpha value is -2.77. The lowest BCUT2D eigenvalue weighted by molar-refractivity contribution is 0.400. The van der Waals surface area contributed by atoms with Crippen LogP contribution in [-0.4, -0.2) is 36.2 Å². The fourth-order valence-electron chi connectivity index (χ4n) is 3.18. The van der Waals surface area contributed by atoms with E-state index in [4.69, 9.17) is 0 Å². The van der Waals surface area contributed by atoms with Crippen LogP contribution in [0, 0.1) is 0 Å². The van der Waals surface area contributed by atoms with Crippen molar-refractivity contribution in [2.24, 2.45) is 0 Å². The van der Waals surface area contributed by atoms with Crippen molar-refractivity contribution < 1.29 is 0 Å². The van der Waals surface area contributed by atoms with Crippen molar-refractivity contribution in [2.45, 2.75) is 37.6 Å². The summed E-state index contributed by atoms with van der Waals surface area (Å²) in [5, 5.41) is 10.8. The average molecular weight is 311 g/mol. The van der Waals surface area contributed by atoms with Crippen LogP contribution >= 0.6 is 0 Å². The number of aromatic nitrogens is 6. The van der Waals surface area contributed by atoms with E-state index in [1.807, 2.05) is 6.07 Å². The van der Waals surface area contributed by atoms with Gasteiger partial charge in [-0.3, -0.25) is 9.89 Å². The van der Waals surface area contributed by atoms with Crippen LogP contribution in [0.1, 0.15) is 37.4 Å². The van der Waals surface area contributed by atoms with Crippen LogP contribution in [0.25, 0.3) is 10.9 Å². The lowest BCUT2D eigenvalue weighted by Crippen LogP contribution is -2.26. The van der Waals surface area contributed by atoms with Crippen LogP contribution in [-0.2, 0) is 0 Å². The standard InChI is InChI=1S/C15H17N7O/c23-15-11-6-16-13(5-12(11)17-7-19-15)21-10-3-1-9(2-4-10)14-18-8-20-22-14/h5-10H,1-4H2,(H,16,21)(H,17,19,23)(H,18,20,22). The van der Waals surface area contributed by atoms with Crippen LogP contribution in [0.5, 0.6) is 0 Å². The van der Waals surface area contributed by atoms with Gasteiger partial charge in [0, 0.05) is 24.2 Å². The molecule has 3 heterocycles. The quantitative estimate of drug-likeness (QED) is 0.677. The third-order valence-corrected chi connectivity index (χ3v) is 4.43. The van der Waals surface area contributed by atoms with Crippen molar-refractivity contribution >= 4 is 16.7 Å². The summed E-state index contributed by atoms with van der Waals surface area (Å²) in [4.78, 5) is 27.0. The number of aromatic amines is 2. The topological polar surface area (TPSA) is 112 Å². The molecule has 0 amide bonds. The monoisotopic (exact) mass is 311 g/mol. The number of H-pyrrole nitrogens is 2. The molecule has 8 nitrogen and oxygen atoms in total. The molecule has 1 saturated carbocycles. The molecule has 8 heteroatoms. The first-order valence-corrected chi connectivity index (χ1v) is 7.75. The van der Waals surface area contributed by atoms with Crippen molar-refractivity contribution in [3.05, 3.63) is 41.1 Å². The van der Waals surface area contributed by atoms with Crippen molar-refractivity contribution in [3.8, 4) is 0 Å². The van der Waals surface area contributed by atoms with Crippen LogP contribution in [0.4, 0.5) is 5.82 Å². The zero-order valence-corrected chi connectivity index (χ0v) is 12.5. The lowest BCUT2D eigenvalue weighted by Gasteiger charge is -2.28. The van der Waals surface area contributed by atoms with E-state index in [0.29, 0.717) is 22.9 Å². The van der Waals surface area contributed by atoms with E-state index in [-0.39, 0.29) is 5.56 Å². The molecule has 0 saturated heterocycles. The van der Waals surface area contributed by atoms with Gasteiger partial charge in [-0.05, 0) is 25.7 Å². The van der Waals surface area contributed by atoms with E-state index < -0.39 is 0 Å². The predicted octanol–water partition coefficient (Wildman–Crippen LogP) is 1.57. The molecule has 3 aromatic heterocycles. The summed E-state index contributed by atoms with van der Waals surface area (Å²) in [6, 6.07) is 2.20. The summed E-state index contributed by atoms with van der Waals surface area (Å²) >= 11 is 0. The Labute approximate surface area is 131 Å². The molecule has 0 atom stereocenters. The van der Waals surface area contributed by atoms with Gasteiger partial charge in [0.05, 0.1) is 17.2 Å². The molecule has 3 aromatic rings. The van der Waals surface area contributed by atoms with Gasteiger partial charge in [0.2, 0.25) is 0 Å². The smallest absolute Gasteiger partial charge is 0.260 e. The summed E-state index contributed by atoms with van der Waals surface area (Å²) in [7, 11) is 0. The first-order valence-electron chi connectivity index (χ1n) is 7.75. The zero-order valence-electron chi connectivity index (χ0n) is 12.5. The van der Waals surface area contributed by atoms with Gasteiger partial charge in [-0.2, -0.15) is 5.10 Å². The van der Waals surface area contributed by atoms with Crippen LogP contribution < -0.4 is 10.9 Å². The van der Waals surface area contributed by atoms with E-state index in [1.54, 1.807) is 12.5 Å². The summed E-state index contributed by atoms with van der Waals surface area (Å²) in [5.74, 6) is 2.20. The molecule has 1 fully saturated rings. The maximum absolute atomic E-state index is 11.7. The van der Waals surface area contributed by atoms with E-state index in [9.17, 15) is 4.79 Å². The van der Waals surface area contributed by atoms with Crippen LogP contribution in [0.3, 0.4) is 0 Å². The number of anilines is 1. The number of hydrogen-bond donors (Lipinski definition) is 3. The molecule has 0 radical (unpaired) electrons. The molecule has 1 aliphatic carbocycles. The Kier molecular flexibility index (Phi) is 3.49. The number of fused-ring (bicyclic) bond motifs is 1. The molecule has 4 rings (SSSR count). The van der Waals surface area contributed by atoms with E-state index in [2.05, 4.69) is 35.5 Å². The third kappa shape index (κ3) is 2.79. The fraction of sp³-hybridized carbons (Fsp3) is 0.400. The van der Waals surface area contributed by atoms with Crippen molar-refractivity contribution in [1.82, 2.24) is 30.1 Å². The highest BCUT2D eigenvalue weighted by Crippen LogP contribution is 2.31. The van der Waals surface area contributed by atoms with Gasteiger partial charge < -0.3 is 10.3 Å². The summed E-state index contributed by atoms with van der Waals surface area (Å²) < 4.78 is 0. The highest BCUT2D eigenvalue weighted by atomic mass is 16.1. The van der Waals surface area contributed by atoms with E-state index in [0.717, 1.165) is 37.3 Å². The van der Waals surface area contributed by atoms with Gasteiger partial charge in [0.1, 0.15) is 18.0 Å². The number of pyridine rings is 1. The minimum atomic E-state index is -0.165. The minimum absolute atomic E-state index is 0.165. The summed E-state index contributed by atoms with van der Waals surface area (Å²) in [6.07, 6.45) is 8.78. The Morgan fingerprint density at radius 3 is 2.78 bits per heavy atom. The fourth-order valence-corrected chi connectivity index (χ4v) is 3.18. The van der Waals surface area contributed by atoms with Gasteiger partial charge in [0.15, 0.2) is 0 Å². The van der Waals surface area contributed by atoms with Crippen LogP contribution in [0.15, 0.2) is 29.7 Å². The molecule has 0 bridgehead atoms. The predicted molar refractivity (Wildman–Crippen MR) is 85.2 cm³/mol. The highest BCUT2D eigenvalue weighted by molar-refractivity contribution is 5.78. The molecule has 1 aliphatic rings. The number of nitrogens with one attached hydrogen (secondary N) is 3. The second-order valence-corrected chi connectivity index (χ2v) is 5.88. The van der Waals surface area contributed by atoms with Crippen molar-refractivity contribution in [2.75, 3.05) is 5.32 Å². The molecule has 0 aliphatic heterocycles. The largest absolute Gasteiger partial charge is 0.367 e. The molecule has 118 valence electrons. The van der Waals surface area contributed by atoms with Gasteiger partial charge in [-0.25, -0.2) is 15.0 Å². The maximum atomic E-state index is 11.7.